The van der Waals surface area contributed by atoms with E-state index in [2.05, 4.69) is 0 Å². The Morgan fingerprint density at radius 2 is 1.60 bits per heavy atom. The quantitative estimate of drug-likeness (QED) is 0.776. The first-order valence-electron chi connectivity index (χ1n) is 7.02. The lowest BCUT2D eigenvalue weighted by Crippen LogP contribution is -2.14. The highest BCUT2D eigenvalue weighted by molar-refractivity contribution is 6.01. The molecule has 2 aliphatic carbocycles. The Bertz CT molecular complexity index is 528. The van der Waals surface area contributed by atoms with Gasteiger partial charge in [0.15, 0.2) is 17.3 Å². The third kappa shape index (κ3) is 2.03. The zero-order valence-corrected chi connectivity index (χ0v) is 12.1. The van der Waals surface area contributed by atoms with Crippen molar-refractivity contribution in [1.29, 1.82) is 0 Å². The van der Waals surface area contributed by atoms with Crippen molar-refractivity contribution in [3.8, 4) is 17.2 Å². The molecule has 2 saturated carbocycles. The van der Waals surface area contributed by atoms with Crippen LogP contribution in [0.4, 0.5) is 0 Å². The molecule has 0 saturated heterocycles. The number of ether oxygens (including phenoxy) is 3. The van der Waals surface area contributed by atoms with Crippen LogP contribution in [0.5, 0.6) is 17.2 Å². The highest BCUT2D eigenvalue weighted by Crippen LogP contribution is 2.55. The molecule has 2 unspecified atom stereocenters. The topological polar surface area (TPSA) is 44.8 Å². The van der Waals surface area contributed by atoms with Crippen molar-refractivity contribution >= 4 is 5.78 Å². The monoisotopic (exact) mass is 276 g/mol. The molecule has 20 heavy (non-hydrogen) atoms. The predicted octanol–water partition coefficient (Wildman–Crippen LogP) is 2.94. The second-order valence-electron chi connectivity index (χ2n) is 5.67. The predicted molar refractivity (Wildman–Crippen MR) is 74.7 cm³/mol. The summed E-state index contributed by atoms with van der Waals surface area (Å²) >= 11 is 0. The third-order valence-corrected chi connectivity index (χ3v) is 4.58. The van der Waals surface area contributed by atoms with E-state index in [-0.39, 0.29) is 11.7 Å². The van der Waals surface area contributed by atoms with Gasteiger partial charge in [0.2, 0.25) is 5.75 Å². The van der Waals surface area contributed by atoms with Gasteiger partial charge in [-0.25, -0.2) is 0 Å². The maximum absolute atomic E-state index is 12.7. The van der Waals surface area contributed by atoms with Crippen LogP contribution in [0.25, 0.3) is 0 Å². The van der Waals surface area contributed by atoms with Gasteiger partial charge in [-0.05, 0) is 43.2 Å². The van der Waals surface area contributed by atoms with Crippen molar-refractivity contribution in [3.63, 3.8) is 0 Å². The second-order valence-corrected chi connectivity index (χ2v) is 5.67. The number of fused-ring (bicyclic) bond motifs is 1. The van der Waals surface area contributed by atoms with Crippen LogP contribution >= 0.6 is 0 Å². The Morgan fingerprint density at radius 3 is 2.15 bits per heavy atom. The van der Waals surface area contributed by atoms with E-state index in [9.17, 15) is 4.79 Å². The van der Waals surface area contributed by atoms with E-state index in [1.807, 2.05) is 0 Å². The molecule has 0 aromatic heterocycles. The molecular weight excluding hydrogens is 256 g/mol. The van der Waals surface area contributed by atoms with E-state index >= 15 is 0 Å². The number of carbonyl (C=O) groups is 1. The fourth-order valence-electron chi connectivity index (χ4n) is 3.44. The summed E-state index contributed by atoms with van der Waals surface area (Å²) < 4.78 is 16.0. The molecule has 108 valence electrons. The normalized spacial score (nSPS) is 26.9. The summed E-state index contributed by atoms with van der Waals surface area (Å²) in [6.45, 7) is 0. The van der Waals surface area contributed by atoms with Gasteiger partial charge < -0.3 is 14.2 Å². The summed E-state index contributed by atoms with van der Waals surface area (Å²) in [6, 6.07) is 3.55. The first kappa shape index (κ1) is 13.3. The average molecular weight is 276 g/mol. The number of hydrogen-bond donors (Lipinski definition) is 0. The number of methoxy groups -OCH3 is 3. The summed E-state index contributed by atoms with van der Waals surface area (Å²) in [5.74, 6) is 3.45. The van der Waals surface area contributed by atoms with Gasteiger partial charge in [-0.3, -0.25) is 4.79 Å². The zero-order chi connectivity index (χ0) is 14.3. The minimum absolute atomic E-state index is 0.144. The Kier molecular flexibility index (Phi) is 3.32. The molecule has 2 aliphatic rings. The summed E-state index contributed by atoms with van der Waals surface area (Å²) in [6.07, 6.45) is 3.37. The van der Waals surface area contributed by atoms with E-state index in [0.717, 1.165) is 24.7 Å². The fraction of sp³-hybridized carbons (Fsp3) is 0.562. The third-order valence-electron chi connectivity index (χ3n) is 4.58. The van der Waals surface area contributed by atoms with Crippen molar-refractivity contribution in [3.05, 3.63) is 17.7 Å². The van der Waals surface area contributed by atoms with Gasteiger partial charge in [-0.15, -0.1) is 0 Å². The molecule has 2 atom stereocenters. The number of Topliss-reactive ketones (excluding diaryl/α,β-unsaturated/α-hetero) is 1. The molecular formula is C16H20O4. The second kappa shape index (κ2) is 5.00. The lowest BCUT2D eigenvalue weighted by atomic mass is 9.92. The van der Waals surface area contributed by atoms with Crippen LogP contribution in [0.15, 0.2) is 12.1 Å². The molecule has 2 fully saturated rings. The molecule has 0 radical (unpaired) electrons. The van der Waals surface area contributed by atoms with E-state index in [4.69, 9.17) is 14.2 Å². The number of ketones is 1. The van der Waals surface area contributed by atoms with E-state index in [1.165, 1.54) is 6.42 Å². The molecule has 4 nitrogen and oxygen atoms in total. The Morgan fingerprint density at radius 1 is 0.950 bits per heavy atom. The minimum atomic E-state index is 0.144. The number of hydrogen-bond acceptors (Lipinski definition) is 4. The molecule has 0 amide bonds. The van der Waals surface area contributed by atoms with Gasteiger partial charge in [0.1, 0.15) is 0 Å². The summed E-state index contributed by atoms with van der Waals surface area (Å²) in [4.78, 5) is 12.7. The Labute approximate surface area is 119 Å². The van der Waals surface area contributed by atoms with Crippen LogP contribution in [0.3, 0.4) is 0 Å². The molecule has 3 rings (SSSR count). The fourth-order valence-corrected chi connectivity index (χ4v) is 3.44. The number of carbonyl (C=O) groups excluding carboxylic acids is 1. The lowest BCUT2D eigenvalue weighted by molar-refractivity contribution is 0.0910. The van der Waals surface area contributed by atoms with Gasteiger partial charge in [-0.1, -0.05) is 0 Å². The van der Waals surface area contributed by atoms with Crippen LogP contribution in [0.2, 0.25) is 0 Å². The van der Waals surface area contributed by atoms with Gasteiger partial charge in [-0.2, -0.15) is 0 Å². The van der Waals surface area contributed by atoms with Crippen molar-refractivity contribution in [2.45, 2.75) is 19.3 Å². The molecule has 0 heterocycles. The molecule has 0 bridgehead atoms. The highest BCUT2D eigenvalue weighted by Gasteiger charge is 2.48. The molecule has 4 heteroatoms. The summed E-state index contributed by atoms with van der Waals surface area (Å²) in [5.41, 5.74) is 0.608. The highest BCUT2D eigenvalue weighted by atomic mass is 16.5. The molecule has 1 aromatic carbocycles. The van der Waals surface area contributed by atoms with Gasteiger partial charge >= 0.3 is 0 Å². The van der Waals surface area contributed by atoms with Crippen molar-refractivity contribution in [2.24, 2.45) is 17.8 Å². The van der Waals surface area contributed by atoms with Crippen molar-refractivity contribution < 1.29 is 19.0 Å². The van der Waals surface area contributed by atoms with Crippen molar-refractivity contribution in [2.75, 3.05) is 21.3 Å². The van der Waals surface area contributed by atoms with Gasteiger partial charge in [0.05, 0.1) is 26.9 Å². The van der Waals surface area contributed by atoms with Crippen LogP contribution in [-0.4, -0.2) is 27.1 Å². The maximum atomic E-state index is 12.7. The first-order chi connectivity index (χ1) is 9.69. The van der Waals surface area contributed by atoms with Crippen LogP contribution < -0.4 is 14.2 Å². The lowest BCUT2D eigenvalue weighted by Gasteiger charge is -2.17. The zero-order valence-electron chi connectivity index (χ0n) is 12.1. The Balaban J connectivity index is 1.93. The van der Waals surface area contributed by atoms with E-state index < -0.39 is 0 Å². The molecule has 0 aliphatic heterocycles. The summed E-state index contributed by atoms with van der Waals surface area (Å²) in [7, 11) is 4.68. The maximum Gasteiger partial charge on any atom is 0.204 e. The smallest absolute Gasteiger partial charge is 0.204 e. The Hall–Kier alpha value is -1.71. The van der Waals surface area contributed by atoms with Gasteiger partial charge in [0.25, 0.3) is 0 Å². The van der Waals surface area contributed by atoms with Crippen LogP contribution in [0.1, 0.15) is 29.6 Å². The molecule has 1 aromatic rings. The standard InChI is InChI=1S/C16H20O4/c1-18-13-5-4-12(15(19-2)16(13)20-3)14(17)11-7-9-6-10(9)8-11/h4-5,9-11H,6-8H2,1-3H3. The van der Waals surface area contributed by atoms with E-state index in [1.54, 1.807) is 33.5 Å². The SMILES string of the molecule is COc1ccc(C(=O)C2CC3CC3C2)c(OC)c1OC. The number of rotatable bonds is 5. The van der Waals surface area contributed by atoms with E-state index in [0.29, 0.717) is 22.8 Å². The molecule has 0 N–H and O–H groups in total. The first-order valence-corrected chi connectivity index (χ1v) is 7.02. The largest absolute Gasteiger partial charge is 0.493 e. The van der Waals surface area contributed by atoms with Crippen LogP contribution in [0, 0.1) is 17.8 Å². The minimum Gasteiger partial charge on any atom is -0.493 e. The summed E-state index contributed by atoms with van der Waals surface area (Å²) in [5, 5.41) is 0. The molecule has 0 spiro atoms. The van der Waals surface area contributed by atoms with Crippen molar-refractivity contribution in [1.82, 2.24) is 0 Å². The van der Waals surface area contributed by atoms with Crippen LogP contribution in [-0.2, 0) is 0 Å². The average Bonchev–Trinajstić information content (AvgIpc) is 3.10. The van der Waals surface area contributed by atoms with Gasteiger partial charge in [0, 0.05) is 5.92 Å². The number of benzene rings is 1.